The van der Waals surface area contributed by atoms with Crippen LogP contribution >= 0.6 is 0 Å². The number of anilines is 1. The minimum absolute atomic E-state index is 0.0935. The quantitative estimate of drug-likeness (QED) is 0.599. The lowest BCUT2D eigenvalue weighted by Crippen LogP contribution is -2.17. The van der Waals surface area contributed by atoms with Gasteiger partial charge in [0.15, 0.2) is 0 Å². The zero-order valence-electron chi connectivity index (χ0n) is 15.8. The molecule has 1 amide bonds. The summed E-state index contributed by atoms with van der Waals surface area (Å²) in [6.07, 6.45) is 3.31. The van der Waals surface area contributed by atoms with Gasteiger partial charge in [-0.2, -0.15) is 0 Å². The van der Waals surface area contributed by atoms with Crippen molar-refractivity contribution >= 4 is 22.6 Å². The van der Waals surface area contributed by atoms with Crippen LogP contribution < -0.4 is 10.9 Å². The Labute approximate surface area is 161 Å². The molecule has 0 aliphatic rings. The highest BCUT2D eigenvalue weighted by molar-refractivity contribution is 5.90. The van der Waals surface area contributed by atoms with Crippen LogP contribution in [-0.2, 0) is 18.9 Å². The fourth-order valence-corrected chi connectivity index (χ4v) is 3.34. The van der Waals surface area contributed by atoms with E-state index < -0.39 is 0 Å². The highest BCUT2D eigenvalue weighted by Gasteiger charge is 2.19. The maximum Gasteiger partial charge on any atom is 0.274 e. The summed E-state index contributed by atoms with van der Waals surface area (Å²) in [7, 11) is 3.59. The molecule has 0 unspecified atom stereocenters. The van der Waals surface area contributed by atoms with E-state index in [0.29, 0.717) is 11.3 Å². The number of nitrogens with zero attached hydrogens (tertiary/aromatic N) is 4. The average molecular weight is 373 g/mol. The first kappa shape index (κ1) is 17.7. The molecule has 0 spiro atoms. The van der Waals surface area contributed by atoms with Gasteiger partial charge in [0.05, 0.1) is 22.3 Å². The van der Waals surface area contributed by atoms with Crippen LogP contribution in [0.25, 0.3) is 33.4 Å². The lowest BCUT2D eigenvalue weighted by molar-refractivity contribution is -0.114. The Morgan fingerprint density at radius 3 is 2.21 bits per heavy atom. The smallest absolute Gasteiger partial charge is 0.274 e. The Hall–Kier alpha value is -3.74. The molecule has 140 valence electrons. The van der Waals surface area contributed by atoms with Crippen LogP contribution in [0, 0.1) is 0 Å². The molecule has 0 saturated heterocycles. The van der Waals surface area contributed by atoms with Crippen LogP contribution in [-0.4, -0.2) is 25.2 Å². The highest BCUT2D eigenvalue weighted by Crippen LogP contribution is 2.31. The van der Waals surface area contributed by atoms with Gasteiger partial charge in [-0.15, -0.1) is 0 Å². The molecule has 2 aromatic heterocycles. The number of rotatable bonds is 3. The molecule has 2 heterocycles. The normalized spacial score (nSPS) is 11.0. The Balaban J connectivity index is 1.90. The van der Waals surface area contributed by atoms with Crippen molar-refractivity contribution in [2.24, 2.45) is 14.1 Å². The standard InChI is InChI=1S/C21H19N5O2/c1-13(27)24-16-7-4-14(5-8-16)19-20(25(2)26(3)21(19)28)15-6-9-17-18(12-15)23-11-10-22-17/h4-12H,1-3H3,(H,24,27). The second-order valence-electron chi connectivity index (χ2n) is 6.59. The maximum absolute atomic E-state index is 13.0. The summed E-state index contributed by atoms with van der Waals surface area (Å²) in [6, 6.07) is 13.0. The fraction of sp³-hybridized carbons (Fsp3) is 0.143. The predicted octanol–water partition coefficient (Wildman–Crippen LogP) is 2.96. The van der Waals surface area contributed by atoms with Gasteiger partial charge in [0.2, 0.25) is 5.91 Å². The monoisotopic (exact) mass is 373 g/mol. The Kier molecular flexibility index (Phi) is 4.27. The second kappa shape index (κ2) is 6.77. The van der Waals surface area contributed by atoms with Gasteiger partial charge in [-0.25, -0.2) is 0 Å². The third kappa shape index (κ3) is 2.96. The fourth-order valence-electron chi connectivity index (χ4n) is 3.34. The van der Waals surface area contributed by atoms with Crippen molar-refractivity contribution in [3.8, 4) is 22.4 Å². The molecule has 0 saturated carbocycles. The Bertz CT molecular complexity index is 1250. The molecular formula is C21H19N5O2. The molecule has 0 radical (unpaired) electrons. The van der Waals surface area contributed by atoms with E-state index in [2.05, 4.69) is 15.3 Å². The van der Waals surface area contributed by atoms with Gasteiger partial charge < -0.3 is 5.32 Å². The largest absolute Gasteiger partial charge is 0.326 e. The summed E-state index contributed by atoms with van der Waals surface area (Å²) < 4.78 is 3.41. The van der Waals surface area contributed by atoms with Crippen molar-refractivity contribution < 1.29 is 4.79 Å². The summed E-state index contributed by atoms with van der Waals surface area (Å²) in [5.74, 6) is -0.138. The molecular weight excluding hydrogens is 354 g/mol. The Morgan fingerprint density at radius 1 is 0.893 bits per heavy atom. The van der Waals surface area contributed by atoms with E-state index in [9.17, 15) is 9.59 Å². The van der Waals surface area contributed by atoms with Crippen molar-refractivity contribution in [1.29, 1.82) is 0 Å². The third-order valence-electron chi connectivity index (χ3n) is 4.75. The van der Waals surface area contributed by atoms with Crippen molar-refractivity contribution in [3.05, 3.63) is 65.2 Å². The van der Waals surface area contributed by atoms with Gasteiger partial charge in [0.25, 0.3) is 5.56 Å². The number of benzene rings is 2. The summed E-state index contributed by atoms with van der Waals surface area (Å²) in [4.78, 5) is 32.9. The van der Waals surface area contributed by atoms with Crippen molar-refractivity contribution in [1.82, 2.24) is 19.3 Å². The molecule has 0 bridgehead atoms. The van der Waals surface area contributed by atoms with Crippen LogP contribution in [0.15, 0.2) is 59.7 Å². The van der Waals surface area contributed by atoms with Gasteiger partial charge in [0, 0.05) is 44.7 Å². The predicted molar refractivity (Wildman–Crippen MR) is 109 cm³/mol. The van der Waals surface area contributed by atoms with Gasteiger partial charge in [-0.1, -0.05) is 18.2 Å². The number of nitrogens with one attached hydrogen (secondary N) is 1. The van der Waals surface area contributed by atoms with Crippen LogP contribution in [0.3, 0.4) is 0 Å². The van der Waals surface area contributed by atoms with E-state index in [1.165, 1.54) is 6.92 Å². The summed E-state index contributed by atoms with van der Waals surface area (Å²) >= 11 is 0. The molecule has 2 aromatic carbocycles. The minimum Gasteiger partial charge on any atom is -0.326 e. The topological polar surface area (TPSA) is 81.8 Å². The highest BCUT2D eigenvalue weighted by atomic mass is 16.1. The number of hydrogen-bond donors (Lipinski definition) is 1. The number of amides is 1. The first-order valence-corrected chi connectivity index (χ1v) is 8.81. The molecule has 0 atom stereocenters. The summed E-state index contributed by atoms with van der Waals surface area (Å²) in [5, 5.41) is 2.74. The van der Waals surface area contributed by atoms with E-state index in [4.69, 9.17) is 0 Å². The number of fused-ring (bicyclic) bond motifs is 1. The zero-order valence-corrected chi connectivity index (χ0v) is 15.8. The lowest BCUT2D eigenvalue weighted by Gasteiger charge is -2.09. The van der Waals surface area contributed by atoms with Crippen molar-refractivity contribution in [3.63, 3.8) is 0 Å². The van der Waals surface area contributed by atoms with Gasteiger partial charge in [0.1, 0.15) is 0 Å². The van der Waals surface area contributed by atoms with E-state index in [0.717, 1.165) is 27.9 Å². The van der Waals surface area contributed by atoms with E-state index >= 15 is 0 Å². The van der Waals surface area contributed by atoms with Gasteiger partial charge in [-0.3, -0.25) is 28.9 Å². The lowest BCUT2D eigenvalue weighted by atomic mass is 10.0. The first-order chi connectivity index (χ1) is 13.5. The minimum atomic E-state index is -0.138. The molecule has 4 rings (SSSR count). The van der Waals surface area contributed by atoms with Crippen LogP contribution in [0.2, 0.25) is 0 Å². The second-order valence-corrected chi connectivity index (χ2v) is 6.59. The molecule has 28 heavy (non-hydrogen) atoms. The summed E-state index contributed by atoms with van der Waals surface area (Å²) in [6.45, 7) is 1.46. The van der Waals surface area contributed by atoms with Crippen LogP contribution in [0.5, 0.6) is 0 Å². The van der Waals surface area contributed by atoms with E-state index in [-0.39, 0.29) is 11.5 Å². The zero-order chi connectivity index (χ0) is 19.8. The van der Waals surface area contributed by atoms with Crippen LogP contribution in [0.4, 0.5) is 5.69 Å². The molecule has 0 aliphatic carbocycles. The third-order valence-corrected chi connectivity index (χ3v) is 4.75. The number of hydrogen-bond acceptors (Lipinski definition) is 4. The molecule has 7 nitrogen and oxygen atoms in total. The molecule has 0 aliphatic heterocycles. The van der Waals surface area contributed by atoms with Gasteiger partial charge >= 0.3 is 0 Å². The number of carbonyl (C=O) groups is 1. The van der Waals surface area contributed by atoms with Crippen molar-refractivity contribution in [2.45, 2.75) is 6.92 Å². The van der Waals surface area contributed by atoms with Crippen molar-refractivity contribution in [2.75, 3.05) is 5.32 Å². The van der Waals surface area contributed by atoms with E-state index in [1.54, 1.807) is 36.3 Å². The Morgan fingerprint density at radius 2 is 1.54 bits per heavy atom. The average Bonchev–Trinajstić information content (AvgIpc) is 2.92. The van der Waals surface area contributed by atoms with Crippen LogP contribution in [0.1, 0.15) is 6.92 Å². The first-order valence-electron chi connectivity index (χ1n) is 8.81. The van der Waals surface area contributed by atoms with E-state index in [1.807, 2.05) is 42.1 Å². The maximum atomic E-state index is 13.0. The molecule has 1 N–H and O–H groups in total. The van der Waals surface area contributed by atoms with Gasteiger partial charge in [-0.05, 0) is 29.8 Å². The number of aromatic nitrogens is 4. The summed E-state index contributed by atoms with van der Waals surface area (Å²) in [5.41, 5.74) is 5.22. The SMILES string of the molecule is CC(=O)Nc1ccc(-c2c(-c3ccc4nccnc4c3)n(C)n(C)c2=O)cc1. The molecule has 4 aromatic rings. The molecule has 0 fully saturated rings. The molecule has 7 heteroatoms. The number of carbonyl (C=O) groups excluding carboxylic acids is 1.